The highest BCUT2D eigenvalue weighted by Crippen LogP contribution is 2.36. The lowest BCUT2D eigenvalue weighted by Gasteiger charge is -2.38. The Morgan fingerprint density at radius 1 is 1.12 bits per heavy atom. The summed E-state index contributed by atoms with van der Waals surface area (Å²) >= 11 is 0. The van der Waals surface area contributed by atoms with E-state index in [0.29, 0.717) is 45.1 Å². The molecule has 0 aromatic rings. The number of carbonyl (C=O) groups is 4. The smallest absolute Gasteiger partial charge is 0.329 e. The molecule has 3 rings (SSSR count). The molecule has 2 fully saturated rings. The third-order valence-corrected chi connectivity index (χ3v) is 8.97. The van der Waals surface area contributed by atoms with Gasteiger partial charge in [0.25, 0.3) is 0 Å². The van der Waals surface area contributed by atoms with Gasteiger partial charge in [-0.3, -0.25) is 14.4 Å². The summed E-state index contributed by atoms with van der Waals surface area (Å²) < 4.78 is 12.4. The quantitative estimate of drug-likeness (QED) is 0.490. The summed E-state index contributed by atoms with van der Waals surface area (Å²) in [6.45, 7) is 9.71. The molecule has 2 saturated heterocycles. The van der Waals surface area contributed by atoms with Crippen LogP contribution in [0.1, 0.15) is 105 Å². The molecular formula is C32H49NO7. The number of carbonyl (C=O) groups excluding carboxylic acids is 4. The van der Waals surface area contributed by atoms with Crippen LogP contribution < -0.4 is 0 Å². The first-order valence-electron chi connectivity index (χ1n) is 15.2. The molecule has 7 atom stereocenters. The number of nitrogens with zero attached hydrogens (tertiary/aromatic N) is 1. The van der Waals surface area contributed by atoms with Crippen molar-refractivity contribution in [2.45, 2.75) is 135 Å². The minimum absolute atomic E-state index is 0.0350. The van der Waals surface area contributed by atoms with Gasteiger partial charge in [0.15, 0.2) is 5.78 Å². The van der Waals surface area contributed by atoms with Crippen LogP contribution in [-0.2, 0) is 28.7 Å². The largest absolute Gasteiger partial charge is 0.455 e. The molecule has 40 heavy (non-hydrogen) atoms. The minimum atomic E-state index is -1.30. The van der Waals surface area contributed by atoms with Crippen molar-refractivity contribution in [3.63, 3.8) is 0 Å². The number of hydrogen-bond donors (Lipinski definition) is 1. The van der Waals surface area contributed by atoms with Crippen LogP contribution in [0.15, 0.2) is 23.8 Å². The van der Waals surface area contributed by atoms with E-state index in [9.17, 15) is 24.3 Å². The fourth-order valence-electron chi connectivity index (χ4n) is 6.26. The van der Waals surface area contributed by atoms with E-state index in [-0.39, 0.29) is 47.9 Å². The molecule has 7 unspecified atom stereocenters. The molecule has 0 aromatic heterocycles. The molecule has 3 heterocycles. The minimum Gasteiger partial charge on any atom is -0.455 e. The summed E-state index contributed by atoms with van der Waals surface area (Å²) in [7, 11) is 0. The normalized spacial score (nSPS) is 34.0. The van der Waals surface area contributed by atoms with Crippen molar-refractivity contribution in [2.24, 2.45) is 11.8 Å². The standard InChI is InChI=1S/C32H49NO7/c1-6-24(34)19-28(35)32(5)20-23(4)27-17-16-25(39-27)13-9-12-22(3)30(37)21(2)11-7-8-15-29(36)33-18-10-14-26(33)31(38)40-32/h8,12,15,21,23,25-28,35H,6-7,9-11,13-14,16-20H2,1-5H3. The van der Waals surface area contributed by atoms with Gasteiger partial charge in [-0.1, -0.05) is 32.9 Å². The molecule has 0 aromatic carbocycles. The maximum atomic E-state index is 13.5. The van der Waals surface area contributed by atoms with Crippen molar-refractivity contribution >= 4 is 23.4 Å². The Morgan fingerprint density at radius 3 is 2.60 bits per heavy atom. The van der Waals surface area contributed by atoms with Gasteiger partial charge < -0.3 is 19.5 Å². The third-order valence-electron chi connectivity index (χ3n) is 8.97. The first-order valence-corrected chi connectivity index (χ1v) is 15.2. The first kappa shape index (κ1) is 32.2. The van der Waals surface area contributed by atoms with Gasteiger partial charge in [-0.05, 0) is 89.2 Å². The fraction of sp³-hybridized carbons (Fsp3) is 0.750. The van der Waals surface area contributed by atoms with Crippen LogP contribution in [0.25, 0.3) is 0 Å². The van der Waals surface area contributed by atoms with Crippen LogP contribution in [0.5, 0.6) is 0 Å². The number of cyclic esters (lactones) is 1. The van der Waals surface area contributed by atoms with E-state index in [0.717, 1.165) is 31.3 Å². The highest BCUT2D eigenvalue weighted by molar-refractivity contribution is 5.96. The van der Waals surface area contributed by atoms with Gasteiger partial charge in [0.05, 0.1) is 12.2 Å². The van der Waals surface area contributed by atoms with Gasteiger partial charge in [-0.2, -0.15) is 0 Å². The number of amides is 1. The molecule has 224 valence electrons. The zero-order valence-electron chi connectivity index (χ0n) is 25.0. The Balaban J connectivity index is 1.86. The third kappa shape index (κ3) is 8.35. The van der Waals surface area contributed by atoms with E-state index in [2.05, 4.69) is 0 Å². The molecule has 1 N–H and O–H groups in total. The van der Waals surface area contributed by atoms with Crippen molar-refractivity contribution < 1.29 is 33.8 Å². The summed E-state index contributed by atoms with van der Waals surface area (Å²) in [4.78, 5) is 53.1. The van der Waals surface area contributed by atoms with Crippen LogP contribution in [-0.4, -0.2) is 69.9 Å². The fourth-order valence-corrected chi connectivity index (χ4v) is 6.26. The van der Waals surface area contributed by atoms with Crippen molar-refractivity contribution in [1.29, 1.82) is 0 Å². The van der Waals surface area contributed by atoms with Crippen LogP contribution in [0.3, 0.4) is 0 Å². The van der Waals surface area contributed by atoms with E-state index in [4.69, 9.17) is 9.47 Å². The zero-order valence-corrected chi connectivity index (χ0v) is 25.0. The van der Waals surface area contributed by atoms with E-state index >= 15 is 0 Å². The number of aliphatic hydroxyl groups excluding tert-OH is 1. The van der Waals surface area contributed by atoms with Gasteiger partial charge in [0.2, 0.25) is 5.91 Å². The molecule has 3 aliphatic rings. The summed E-state index contributed by atoms with van der Waals surface area (Å²) in [5, 5.41) is 11.2. The van der Waals surface area contributed by atoms with E-state index < -0.39 is 23.7 Å². The van der Waals surface area contributed by atoms with Crippen molar-refractivity contribution in [2.75, 3.05) is 6.54 Å². The Labute approximate surface area is 239 Å². The summed E-state index contributed by atoms with van der Waals surface area (Å²) in [6.07, 6.45) is 10.4. The number of rotatable bonds is 4. The van der Waals surface area contributed by atoms with Crippen molar-refractivity contribution in [1.82, 2.24) is 4.90 Å². The molecule has 0 radical (unpaired) electrons. The van der Waals surface area contributed by atoms with Gasteiger partial charge in [0, 0.05) is 25.3 Å². The number of hydrogen-bond acceptors (Lipinski definition) is 7. The highest BCUT2D eigenvalue weighted by Gasteiger charge is 2.45. The predicted molar refractivity (Wildman–Crippen MR) is 152 cm³/mol. The highest BCUT2D eigenvalue weighted by atomic mass is 16.6. The maximum Gasteiger partial charge on any atom is 0.329 e. The van der Waals surface area contributed by atoms with Crippen molar-refractivity contribution in [3.8, 4) is 0 Å². The number of ketones is 2. The number of Topliss-reactive ketones (excluding diaryl/α,β-unsaturated/α-hetero) is 2. The average molecular weight is 560 g/mol. The lowest BCUT2D eigenvalue weighted by molar-refractivity contribution is -0.182. The second kappa shape index (κ2) is 14.5. The molecular weight excluding hydrogens is 510 g/mol. The zero-order chi connectivity index (χ0) is 29.4. The Bertz CT molecular complexity index is 988. The Morgan fingerprint density at radius 2 is 1.88 bits per heavy atom. The van der Waals surface area contributed by atoms with Gasteiger partial charge in [0.1, 0.15) is 23.5 Å². The molecule has 8 heteroatoms. The van der Waals surface area contributed by atoms with Crippen LogP contribution in [0.2, 0.25) is 0 Å². The topological polar surface area (TPSA) is 110 Å². The summed E-state index contributed by atoms with van der Waals surface area (Å²) in [5.41, 5.74) is -0.534. The number of aliphatic hydroxyl groups is 1. The predicted octanol–water partition coefficient (Wildman–Crippen LogP) is 4.86. The monoisotopic (exact) mass is 559 g/mol. The molecule has 8 nitrogen and oxygen atoms in total. The average Bonchev–Trinajstić information content (AvgIpc) is 3.60. The summed E-state index contributed by atoms with van der Waals surface area (Å²) in [6, 6.07) is -0.740. The number of ether oxygens (including phenoxy) is 2. The lowest BCUT2D eigenvalue weighted by atomic mass is 9.82. The maximum absolute atomic E-state index is 13.5. The second-order valence-corrected chi connectivity index (χ2v) is 12.3. The molecule has 3 aliphatic heterocycles. The number of fused-ring (bicyclic) bond motifs is 3. The van der Waals surface area contributed by atoms with Crippen LogP contribution in [0.4, 0.5) is 0 Å². The second-order valence-electron chi connectivity index (χ2n) is 12.3. The van der Waals surface area contributed by atoms with E-state index in [1.165, 1.54) is 11.0 Å². The Kier molecular flexibility index (Phi) is 11.7. The van der Waals surface area contributed by atoms with Crippen molar-refractivity contribution in [3.05, 3.63) is 23.8 Å². The van der Waals surface area contributed by atoms with E-state index in [1.54, 1.807) is 19.9 Å². The van der Waals surface area contributed by atoms with Gasteiger partial charge >= 0.3 is 5.97 Å². The molecule has 0 saturated carbocycles. The summed E-state index contributed by atoms with van der Waals surface area (Å²) in [5.74, 6) is -0.956. The molecule has 0 aliphatic carbocycles. The first-order chi connectivity index (χ1) is 18.9. The SMILES string of the molecule is CCC(=O)CC(O)C1(C)CC(C)C2CCC(CCC=C(C)C(=O)C(C)CCC=CC(=O)N3CCCC3C(=O)O1)O2. The molecule has 1 amide bonds. The number of allylic oxidation sites excluding steroid dienone is 3. The molecule has 2 bridgehead atoms. The molecule has 0 spiro atoms. The lowest BCUT2D eigenvalue weighted by Crippen LogP contribution is -2.51. The van der Waals surface area contributed by atoms with Gasteiger partial charge in [-0.25, -0.2) is 4.79 Å². The van der Waals surface area contributed by atoms with Crippen LogP contribution >= 0.6 is 0 Å². The van der Waals surface area contributed by atoms with Crippen LogP contribution in [0, 0.1) is 11.8 Å². The number of esters is 1. The van der Waals surface area contributed by atoms with Gasteiger partial charge in [-0.15, -0.1) is 0 Å². The van der Waals surface area contributed by atoms with E-state index in [1.807, 2.05) is 26.8 Å². The Hall–Kier alpha value is -2.32.